The van der Waals surface area contributed by atoms with Crippen LogP contribution in [0.15, 0.2) is 72.8 Å². The van der Waals surface area contributed by atoms with E-state index >= 15 is 0 Å². The molecule has 0 radical (unpaired) electrons. The van der Waals surface area contributed by atoms with E-state index in [1.807, 2.05) is 0 Å². The number of phenolic OH excluding ortho intramolecular Hbond substituents is 4. The quantitative estimate of drug-likeness (QED) is 0.119. The Balaban J connectivity index is 1.51. The maximum Gasteiger partial charge on any atom is 0.126 e. The highest BCUT2D eigenvalue weighted by molar-refractivity contribution is 5.61. The zero-order valence-electron chi connectivity index (χ0n) is 51.8. The van der Waals surface area contributed by atoms with Crippen LogP contribution in [0, 0.1) is 0 Å². The van der Waals surface area contributed by atoms with Gasteiger partial charge in [0.1, 0.15) is 47.7 Å². The molecule has 0 amide bonds. The fourth-order valence-electron chi connectivity index (χ4n) is 11.1. The predicted octanol–water partition coefficient (Wildman–Crippen LogP) is 16.0. The molecule has 8 nitrogen and oxygen atoms in total. The molecule has 0 saturated carbocycles. The summed E-state index contributed by atoms with van der Waals surface area (Å²) in [5, 5.41) is 51.3. The van der Waals surface area contributed by atoms with Crippen molar-refractivity contribution in [1.82, 2.24) is 0 Å². The molecule has 0 spiro atoms. The first-order valence-electron chi connectivity index (χ1n) is 29.2. The van der Waals surface area contributed by atoms with Crippen LogP contribution in [-0.2, 0) is 80.5 Å². The van der Waals surface area contributed by atoms with Gasteiger partial charge in [-0.05, 0) is 133 Å². The van der Waals surface area contributed by atoms with Crippen LogP contribution in [0.25, 0.3) is 0 Å². The van der Waals surface area contributed by atoms with E-state index in [4.69, 9.17) is 18.9 Å². The molecule has 0 saturated heterocycles. The maximum absolute atomic E-state index is 12.9. The summed E-state index contributed by atoms with van der Waals surface area (Å²) in [5.41, 5.74) is 14.4. The predicted molar refractivity (Wildman–Crippen MR) is 327 cm³/mol. The number of ether oxygens (including phenoxy) is 4. The fraction of sp³-hybridized carbons (Fsp3) is 0.500. The number of phenols is 4. The lowest BCUT2D eigenvalue weighted by atomic mass is 9.79. The number of hydrogen-bond donors (Lipinski definition) is 4. The van der Waals surface area contributed by atoms with Crippen LogP contribution in [0.3, 0.4) is 0 Å². The summed E-state index contributed by atoms with van der Waals surface area (Å²) >= 11 is 0. The lowest BCUT2D eigenvalue weighted by Crippen LogP contribution is -2.17. The van der Waals surface area contributed by atoms with Gasteiger partial charge in [-0.1, -0.05) is 197 Å². The van der Waals surface area contributed by atoms with Crippen molar-refractivity contribution in [3.8, 4) is 34.5 Å². The molecule has 0 aromatic heterocycles. The molecule has 0 atom stereocenters. The van der Waals surface area contributed by atoms with E-state index in [0.717, 1.165) is 77.9 Å². The van der Waals surface area contributed by atoms with Gasteiger partial charge in [0.25, 0.3) is 0 Å². The summed E-state index contributed by atoms with van der Waals surface area (Å²) < 4.78 is 26.3. The Hall–Kier alpha value is -5.96. The second kappa shape index (κ2) is 22.4. The highest BCUT2D eigenvalue weighted by atomic mass is 16.6. The van der Waals surface area contributed by atoms with Crippen molar-refractivity contribution in [2.45, 2.75) is 196 Å². The summed E-state index contributed by atoms with van der Waals surface area (Å²) in [5.74, 6) is 2.12. The zero-order valence-corrected chi connectivity index (χ0v) is 51.8. The number of benzene rings is 6. The lowest BCUT2D eigenvalue weighted by molar-refractivity contribution is 0.0270. The minimum Gasteiger partial charge on any atom is -0.507 e. The summed E-state index contributed by atoms with van der Waals surface area (Å²) in [6, 6.07) is 25.9. The molecule has 8 heteroatoms. The highest BCUT2D eigenvalue weighted by Gasteiger charge is 2.30. The van der Waals surface area contributed by atoms with E-state index < -0.39 is 0 Å². The van der Waals surface area contributed by atoms with Gasteiger partial charge in [-0.15, -0.1) is 0 Å². The average molecular weight is 1090 g/mol. The van der Waals surface area contributed by atoms with Crippen molar-refractivity contribution < 1.29 is 39.4 Å². The van der Waals surface area contributed by atoms with E-state index in [-0.39, 0.29) is 81.5 Å². The molecule has 2 aliphatic rings. The van der Waals surface area contributed by atoms with Gasteiger partial charge < -0.3 is 39.4 Å². The maximum atomic E-state index is 12.9. The molecule has 1 aliphatic carbocycles. The summed E-state index contributed by atoms with van der Waals surface area (Å²) in [7, 11) is 0. The van der Waals surface area contributed by atoms with E-state index in [0.29, 0.717) is 85.9 Å². The van der Waals surface area contributed by atoms with Crippen LogP contribution < -0.4 is 9.47 Å². The Morgan fingerprint density at radius 2 is 0.388 bits per heavy atom. The topological polar surface area (TPSA) is 118 Å². The largest absolute Gasteiger partial charge is 0.507 e. The van der Waals surface area contributed by atoms with Crippen molar-refractivity contribution >= 4 is 0 Å². The molecule has 8 rings (SSSR count). The Bertz CT molecular complexity index is 3060. The van der Waals surface area contributed by atoms with Crippen LogP contribution in [0.2, 0.25) is 0 Å². The lowest BCUT2D eigenvalue weighted by Gasteiger charge is -2.28. The Morgan fingerprint density at radius 1 is 0.237 bits per heavy atom. The summed E-state index contributed by atoms with van der Waals surface area (Å²) in [6.45, 7) is 41.6. The molecule has 0 unspecified atom stereocenters. The molecular weight excluding hydrogens is 993 g/mol. The van der Waals surface area contributed by atoms with E-state index in [9.17, 15) is 20.4 Å². The van der Waals surface area contributed by atoms with Crippen LogP contribution in [0.1, 0.15) is 225 Å². The van der Waals surface area contributed by atoms with Crippen molar-refractivity contribution in [2.24, 2.45) is 0 Å². The number of rotatable bonds is 0. The van der Waals surface area contributed by atoms with Gasteiger partial charge in [0.2, 0.25) is 0 Å². The van der Waals surface area contributed by atoms with E-state index in [2.05, 4.69) is 197 Å². The van der Waals surface area contributed by atoms with Crippen molar-refractivity contribution in [3.63, 3.8) is 0 Å². The van der Waals surface area contributed by atoms with Gasteiger partial charge in [0, 0.05) is 38.5 Å². The smallest absolute Gasteiger partial charge is 0.126 e. The first-order chi connectivity index (χ1) is 37.1. The van der Waals surface area contributed by atoms with Crippen molar-refractivity contribution in [2.75, 3.05) is 39.6 Å². The van der Waals surface area contributed by atoms with Crippen LogP contribution in [0.4, 0.5) is 0 Å². The summed E-state index contributed by atoms with van der Waals surface area (Å²) in [6.07, 6.45) is 1.98. The molecule has 4 N–H and O–H groups in total. The Kier molecular flexibility index (Phi) is 16.9. The minimum absolute atomic E-state index is 0.149. The highest BCUT2D eigenvalue weighted by Crippen LogP contribution is 2.45. The van der Waals surface area contributed by atoms with Gasteiger partial charge in [-0.3, -0.25) is 0 Å². The molecule has 6 aromatic carbocycles. The van der Waals surface area contributed by atoms with Gasteiger partial charge in [-0.2, -0.15) is 0 Å². The molecule has 0 fully saturated rings. The van der Waals surface area contributed by atoms with Crippen LogP contribution >= 0.6 is 0 Å². The third-order valence-corrected chi connectivity index (χ3v) is 16.4. The van der Waals surface area contributed by atoms with Crippen molar-refractivity contribution in [1.29, 1.82) is 0 Å². The molecule has 14 bridgehead atoms. The molecule has 430 valence electrons. The molecular formula is C72H94O8. The van der Waals surface area contributed by atoms with Crippen LogP contribution in [0.5, 0.6) is 34.5 Å². The van der Waals surface area contributed by atoms with Gasteiger partial charge in [0.15, 0.2) is 0 Å². The van der Waals surface area contributed by atoms with Gasteiger partial charge in [-0.25, -0.2) is 0 Å². The second-order valence-corrected chi connectivity index (χ2v) is 29.3. The minimum atomic E-state index is -0.292. The number of aromatic hydroxyl groups is 4. The fourth-order valence-corrected chi connectivity index (χ4v) is 11.1. The molecule has 80 heavy (non-hydrogen) atoms. The van der Waals surface area contributed by atoms with Gasteiger partial charge in [0.05, 0.1) is 26.4 Å². The normalized spacial score (nSPS) is 15.6. The monoisotopic (exact) mass is 1090 g/mol. The SMILES string of the molecule is CC(C)(C)c1cc2c(O)c(c1)Cc1cc(C(C)(C)C)cc(c1O)Cc1cc(C(C)(C)C)cc3c1OCCOCCOCCOc1c(cc(C(C)(C)C)cc1Cc1cc(C(C)(C)C)cc(c1O)C3)Cc1cc(C(C)(C)C)cc(c1O)C2. The second-order valence-electron chi connectivity index (χ2n) is 29.3. The van der Waals surface area contributed by atoms with Gasteiger partial charge >= 0.3 is 0 Å². The zero-order chi connectivity index (χ0) is 58.7. The molecule has 1 aliphatic heterocycles. The third kappa shape index (κ3) is 13.7. The van der Waals surface area contributed by atoms with Crippen LogP contribution in [-0.4, -0.2) is 60.1 Å². The first-order valence-corrected chi connectivity index (χ1v) is 29.2. The average Bonchev–Trinajstić information content (AvgIpc) is 3.33. The first kappa shape index (κ1) is 60.1. The number of hydrogen-bond acceptors (Lipinski definition) is 8. The number of fused-ring (bicyclic) bond motifs is 6. The molecule has 1 heterocycles. The third-order valence-electron chi connectivity index (χ3n) is 16.4. The summed E-state index contributed by atoms with van der Waals surface area (Å²) in [4.78, 5) is 0. The van der Waals surface area contributed by atoms with E-state index in [1.165, 1.54) is 0 Å². The Labute approximate surface area is 479 Å². The molecule has 6 aromatic rings. The standard InChI is InChI=1S/C72H94O8/c1-67(2,3)55-31-43-25-45-33-56(68(4,5)6)35-47(62(45)74)27-51-39-59(71(13,14)15)41-53-29-49-37-58(70(10,11)12)38-50(64(49)76)30-54-42-60(72(16,17)18)40-52(66(54)80-24-22-78-20-19-77-21-23-79-65(51)53)28-48-36-57(69(7,8)9)34-46(63(48)75)26-44(32-55)61(43)73/h31-42,73-76H,19-30H2,1-18H3. The van der Waals surface area contributed by atoms with Crippen molar-refractivity contribution in [3.05, 3.63) is 173 Å². The Morgan fingerprint density at radius 3 is 0.562 bits per heavy atom. The van der Waals surface area contributed by atoms with E-state index in [1.54, 1.807) is 0 Å².